The largest absolute Gasteiger partial charge is 0.497 e. The number of hydrogen-bond acceptors (Lipinski definition) is 8. The molecule has 0 fully saturated rings. The fourth-order valence-corrected chi connectivity index (χ4v) is 3.67. The highest BCUT2D eigenvalue weighted by Gasteiger charge is 2.30. The van der Waals surface area contributed by atoms with Crippen LogP contribution in [-0.4, -0.2) is 63.1 Å². The molecule has 0 amide bonds. The Morgan fingerprint density at radius 2 is 1.00 bits per heavy atom. The van der Waals surface area contributed by atoms with E-state index in [0.29, 0.717) is 6.61 Å². The molecule has 0 aliphatic carbocycles. The average molecular weight is 513 g/mol. The van der Waals surface area contributed by atoms with Crippen LogP contribution >= 0.6 is 0 Å². The van der Waals surface area contributed by atoms with E-state index in [1.54, 1.807) is 21.3 Å². The van der Waals surface area contributed by atoms with E-state index >= 15 is 0 Å². The van der Waals surface area contributed by atoms with Crippen molar-refractivity contribution >= 4 is 0 Å². The number of aliphatic hydroxyl groups excluding tert-OH is 2. The van der Waals surface area contributed by atoms with E-state index in [0.717, 1.165) is 33.9 Å². The Labute approximate surface area is 218 Å². The van der Waals surface area contributed by atoms with Crippen LogP contribution in [0.2, 0.25) is 0 Å². The second kappa shape index (κ2) is 15.2. The predicted molar refractivity (Wildman–Crippen MR) is 139 cm³/mol. The lowest BCUT2D eigenvalue weighted by Crippen LogP contribution is -2.45. The summed E-state index contributed by atoms with van der Waals surface area (Å²) >= 11 is 0. The van der Waals surface area contributed by atoms with Crippen molar-refractivity contribution in [1.82, 2.24) is 0 Å². The van der Waals surface area contributed by atoms with Crippen LogP contribution in [0.5, 0.6) is 17.2 Å². The maximum absolute atomic E-state index is 11.0. The van der Waals surface area contributed by atoms with Crippen molar-refractivity contribution in [3.8, 4) is 17.2 Å². The molecule has 37 heavy (non-hydrogen) atoms. The SMILES string of the molecule is COc1ccc(COC[C@@H](O)[C@@H](OCc2ccc(OC)cc2)[C@H](CO)OCc2ccc(OC)cc2)cc1. The van der Waals surface area contributed by atoms with Crippen molar-refractivity contribution in [3.05, 3.63) is 89.5 Å². The van der Waals surface area contributed by atoms with Crippen molar-refractivity contribution in [2.24, 2.45) is 0 Å². The maximum atomic E-state index is 11.0. The Hall–Kier alpha value is -3.14. The second-order valence-corrected chi connectivity index (χ2v) is 8.43. The minimum Gasteiger partial charge on any atom is -0.497 e. The van der Waals surface area contributed by atoms with Gasteiger partial charge in [0.25, 0.3) is 0 Å². The summed E-state index contributed by atoms with van der Waals surface area (Å²) in [5.74, 6) is 2.24. The third-order valence-electron chi connectivity index (χ3n) is 5.87. The molecular weight excluding hydrogens is 476 g/mol. The second-order valence-electron chi connectivity index (χ2n) is 8.43. The molecule has 3 aromatic carbocycles. The zero-order valence-corrected chi connectivity index (χ0v) is 21.5. The van der Waals surface area contributed by atoms with Crippen LogP contribution in [0.4, 0.5) is 0 Å². The van der Waals surface area contributed by atoms with Gasteiger partial charge >= 0.3 is 0 Å². The molecule has 2 N–H and O–H groups in total. The summed E-state index contributed by atoms with van der Waals surface area (Å²) < 4.78 is 33.4. The predicted octanol–water partition coefficient (Wildman–Crippen LogP) is 3.75. The van der Waals surface area contributed by atoms with E-state index in [4.69, 9.17) is 28.4 Å². The first-order valence-electron chi connectivity index (χ1n) is 12.0. The monoisotopic (exact) mass is 512 g/mol. The van der Waals surface area contributed by atoms with Gasteiger partial charge < -0.3 is 38.6 Å². The third kappa shape index (κ3) is 9.03. The van der Waals surface area contributed by atoms with Crippen molar-refractivity contribution in [1.29, 1.82) is 0 Å². The number of hydrogen-bond donors (Lipinski definition) is 2. The highest BCUT2D eigenvalue weighted by molar-refractivity contribution is 5.28. The highest BCUT2D eigenvalue weighted by atomic mass is 16.6. The summed E-state index contributed by atoms with van der Waals surface area (Å²) in [5, 5.41) is 21.1. The minimum atomic E-state index is -1.04. The molecule has 0 radical (unpaired) electrons. The molecule has 3 rings (SSSR count). The van der Waals surface area contributed by atoms with Crippen LogP contribution in [-0.2, 0) is 34.0 Å². The number of benzene rings is 3. The van der Waals surface area contributed by atoms with Crippen molar-refractivity contribution in [2.75, 3.05) is 34.5 Å². The molecule has 3 aromatic rings. The highest BCUT2D eigenvalue weighted by Crippen LogP contribution is 2.19. The number of methoxy groups -OCH3 is 3. The molecule has 0 aliphatic rings. The van der Waals surface area contributed by atoms with Crippen LogP contribution in [0.15, 0.2) is 72.8 Å². The fourth-order valence-electron chi connectivity index (χ4n) is 3.67. The zero-order valence-electron chi connectivity index (χ0n) is 21.5. The topological polar surface area (TPSA) is 95.8 Å². The first-order chi connectivity index (χ1) is 18.1. The van der Waals surface area contributed by atoms with E-state index in [2.05, 4.69) is 0 Å². The van der Waals surface area contributed by atoms with Crippen molar-refractivity contribution < 1.29 is 38.6 Å². The summed E-state index contributed by atoms with van der Waals surface area (Å²) in [6.07, 6.45) is -2.65. The molecule has 0 aromatic heterocycles. The lowest BCUT2D eigenvalue weighted by molar-refractivity contribution is -0.157. The summed E-state index contributed by atoms with van der Waals surface area (Å²) in [6, 6.07) is 22.4. The third-order valence-corrected chi connectivity index (χ3v) is 5.87. The van der Waals surface area contributed by atoms with Crippen LogP contribution in [0.3, 0.4) is 0 Å². The van der Waals surface area contributed by atoms with Crippen molar-refractivity contribution in [3.63, 3.8) is 0 Å². The standard InChI is InChI=1S/C29H36O8/c1-32-24-10-4-21(5-11-24)17-35-20-27(31)29(37-19-23-8-14-26(34-3)15-9-23)28(16-30)36-18-22-6-12-25(33-2)13-7-22/h4-15,27-31H,16-20H2,1-3H3/t27-,28+,29-/m1/s1. The van der Waals surface area contributed by atoms with Gasteiger partial charge in [-0.3, -0.25) is 0 Å². The lowest BCUT2D eigenvalue weighted by atomic mass is 10.1. The van der Waals surface area contributed by atoms with Gasteiger partial charge in [-0.1, -0.05) is 36.4 Å². The summed E-state index contributed by atoms with van der Waals surface area (Å²) in [4.78, 5) is 0. The molecular formula is C29H36O8. The molecule has 0 heterocycles. The van der Waals surface area contributed by atoms with Gasteiger partial charge in [0, 0.05) is 0 Å². The van der Waals surface area contributed by atoms with E-state index in [1.807, 2.05) is 72.8 Å². The normalized spacial score (nSPS) is 13.5. The Kier molecular flexibility index (Phi) is 11.7. The molecule has 8 heteroatoms. The van der Waals surface area contributed by atoms with Gasteiger partial charge in [0.05, 0.1) is 54.4 Å². The summed E-state index contributed by atoms with van der Waals surface area (Å²) in [7, 11) is 4.83. The average Bonchev–Trinajstić information content (AvgIpc) is 2.95. The number of rotatable bonds is 16. The molecule has 3 atom stereocenters. The Bertz CT molecular complexity index is 1020. The van der Waals surface area contributed by atoms with Gasteiger partial charge in [-0.25, -0.2) is 0 Å². The van der Waals surface area contributed by atoms with E-state index in [9.17, 15) is 10.2 Å². The Morgan fingerprint density at radius 1 is 0.595 bits per heavy atom. The van der Waals surface area contributed by atoms with E-state index < -0.39 is 18.3 Å². The lowest BCUT2D eigenvalue weighted by Gasteiger charge is -2.30. The molecule has 8 nitrogen and oxygen atoms in total. The van der Waals surface area contributed by atoms with Crippen LogP contribution in [0.25, 0.3) is 0 Å². The van der Waals surface area contributed by atoms with Gasteiger partial charge in [-0.05, 0) is 53.1 Å². The molecule has 0 saturated carbocycles. The number of ether oxygens (including phenoxy) is 6. The van der Waals surface area contributed by atoms with Crippen LogP contribution < -0.4 is 14.2 Å². The first kappa shape index (κ1) is 28.4. The molecule has 0 saturated heterocycles. The smallest absolute Gasteiger partial charge is 0.118 e. The van der Waals surface area contributed by atoms with E-state index in [1.165, 1.54) is 0 Å². The Morgan fingerprint density at radius 3 is 1.41 bits per heavy atom. The maximum Gasteiger partial charge on any atom is 0.118 e. The van der Waals surface area contributed by atoms with Crippen molar-refractivity contribution in [2.45, 2.75) is 38.1 Å². The summed E-state index contributed by atoms with van der Waals surface area (Å²) in [6.45, 7) is 0.424. The molecule has 0 spiro atoms. The molecule has 0 aliphatic heterocycles. The molecule has 200 valence electrons. The van der Waals surface area contributed by atoms with Crippen LogP contribution in [0, 0.1) is 0 Å². The summed E-state index contributed by atoms with van der Waals surface area (Å²) in [5.41, 5.74) is 2.74. The van der Waals surface area contributed by atoms with Gasteiger partial charge in [-0.2, -0.15) is 0 Å². The van der Waals surface area contributed by atoms with Crippen LogP contribution in [0.1, 0.15) is 16.7 Å². The Balaban J connectivity index is 1.63. The zero-order chi connectivity index (χ0) is 26.5. The van der Waals surface area contributed by atoms with Gasteiger partial charge in [0.2, 0.25) is 0 Å². The van der Waals surface area contributed by atoms with Gasteiger partial charge in [0.15, 0.2) is 0 Å². The van der Waals surface area contributed by atoms with Gasteiger partial charge in [-0.15, -0.1) is 0 Å². The minimum absolute atomic E-state index is 0.00169. The van der Waals surface area contributed by atoms with Gasteiger partial charge in [0.1, 0.15) is 35.6 Å². The molecule has 0 bridgehead atoms. The quantitative estimate of drug-likeness (QED) is 0.300. The van der Waals surface area contributed by atoms with E-state index in [-0.39, 0.29) is 26.4 Å². The molecule has 0 unspecified atom stereocenters. The number of aliphatic hydroxyl groups is 2. The first-order valence-corrected chi connectivity index (χ1v) is 12.0. The fraction of sp³-hybridized carbons (Fsp3) is 0.379.